The van der Waals surface area contributed by atoms with E-state index >= 15 is 0 Å². The van der Waals surface area contributed by atoms with Crippen molar-refractivity contribution < 1.29 is 14.3 Å². The first kappa shape index (κ1) is 9.34. The van der Waals surface area contributed by atoms with Gasteiger partial charge in [-0.1, -0.05) is 0 Å². The highest BCUT2D eigenvalue weighted by Gasteiger charge is 2.36. The Balaban J connectivity index is 2.17. The van der Waals surface area contributed by atoms with Crippen molar-refractivity contribution in [2.75, 3.05) is 12.9 Å². The van der Waals surface area contributed by atoms with Crippen LogP contribution in [0.15, 0.2) is 0 Å². The van der Waals surface area contributed by atoms with E-state index in [0.29, 0.717) is 0 Å². The first-order valence-electron chi connectivity index (χ1n) is 3.39. The number of rotatable bonds is 3. The molecule has 1 aliphatic heterocycles. The lowest BCUT2D eigenvalue weighted by atomic mass is 10.2. The Morgan fingerprint density at radius 1 is 1.83 bits per heavy atom. The summed E-state index contributed by atoms with van der Waals surface area (Å²) in [6, 6.07) is -0.486. The zero-order valence-corrected chi connectivity index (χ0v) is 7.39. The number of thioether (sulfide) groups is 1. The van der Waals surface area contributed by atoms with Crippen LogP contribution in [-0.2, 0) is 14.3 Å². The van der Waals surface area contributed by atoms with Gasteiger partial charge in [0, 0.05) is 0 Å². The summed E-state index contributed by atoms with van der Waals surface area (Å²) in [5.74, 6) is -0.263. The normalized spacial score (nSPS) is 27.3. The van der Waals surface area contributed by atoms with Crippen molar-refractivity contribution >= 4 is 23.6 Å². The number of carbonyl (C=O) groups excluding carboxylic acids is 2. The second-order valence-electron chi connectivity index (χ2n) is 2.34. The fourth-order valence-electron chi connectivity index (χ4n) is 0.730. The molecule has 68 valence electrons. The van der Waals surface area contributed by atoms with Gasteiger partial charge in [-0.2, -0.15) is 0 Å². The number of hydrogen-bond donors (Lipinski definition) is 2. The van der Waals surface area contributed by atoms with E-state index in [9.17, 15) is 9.59 Å². The van der Waals surface area contributed by atoms with Crippen LogP contribution < -0.4 is 11.1 Å². The molecule has 1 rings (SSSR count). The molecule has 0 aromatic carbocycles. The van der Waals surface area contributed by atoms with Crippen molar-refractivity contribution in [2.45, 2.75) is 11.4 Å². The number of ether oxygens (including phenoxy) is 1. The van der Waals surface area contributed by atoms with E-state index < -0.39 is 6.04 Å². The maximum Gasteiger partial charge on any atom is 0.315 e. The van der Waals surface area contributed by atoms with Gasteiger partial charge in [0.2, 0.25) is 5.91 Å². The number of hydrogen-bond acceptors (Lipinski definition) is 5. The van der Waals surface area contributed by atoms with Gasteiger partial charge in [-0.25, -0.2) is 0 Å². The summed E-state index contributed by atoms with van der Waals surface area (Å²) in [6.07, 6.45) is 0. The summed E-state index contributed by atoms with van der Waals surface area (Å²) in [7, 11) is 1.32. The van der Waals surface area contributed by atoms with Crippen LogP contribution in [0.25, 0.3) is 0 Å². The molecular weight excluding hydrogens is 180 g/mol. The number of carbonyl (C=O) groups is 2. The van der Waals surface area contributed by atoms with E-state index in [-0.39, 0.29) is 23.0 Å². The molecule has 0 saturated carbocycles. The van der Waals surface area contributed by atoms with Crippen LogP contribution >= 0.6 is 11.8 Å². The van der Waals surface area contributed by atoms with Gasteiger partial charge < -0.3 is 15.8 Å². The number of nitrogens with two attached hydrogens (primary N) is 1. The van der Waals surface area contributed by atoms with Gasteiger partial charge in [-0.05, 0) is 0 Å². The molecule has 0 bridgehead atoms. The molecule has 0 unspecified atom stereocenters. The predicted octanol–water partition coefficient (Wildman–Crippen LogP) is -1.32. The van der Waals surface area contributed by atoms with Crippen LogP contribution in [0.5, 0.6) is 0 Å². The highest BCUT2D eigenvalue weighted by atomic mass is 32.2. The zero-order valence-electron chi connectivity index (χ0n) is 6.57. The van der Waals surface area contributed by atoms with Crippen LogP contribution in [0.3, 0.4) is 0 Å². The van der Waals surface area contributed by atoms with Crippen LogP contribution in [0.1, 0.15) is 0 Å². The van der Waals surface area contributed by atoms with E-state index in [0.717, 1.165) is 0 Å². The zero-order chi connectivity index (χ0) is 9.14. The molecule has 0 aliphatic carbocycles. The Bertz CT molecular complexity index is 209. The minimum Gasteiger partial charge on any atom is -0.468 e. The lowest BCUT2D eigenvalue weighted by Gasteiger charge is -2.32. The fourth-order valence-corrected chi connectivity index (χ4v) is 1.69. The van der Waals surface area contributed by atoms with Crippen molar-refractivity contribution in [1.82, 2.24) is 5.32 Å². The van der Waals surface area contributed by atoms with Crippen molar-refractivity contribution in [1.29, 1.82) is 0 Å². The summed E-state index contributed by atoms with van der Waals surface area (Å²) >= 11 is 1.28. The standard InChI is InChI=1S/C6H10N2O3S/c1-11-3(9)2-12-6-4(7)5(10)8-6/h4,6H,2,7H2,1H3,(H,8,10)/t4-,6-/m1/s1. The van der Waals surface area contributed by atoms with Crippen molar-refractivity contribution in [2.24, 2.45) is 5.73 Å². The lowest BCUT2D eigenvalue weighted by molar-refractivity contribution is -0.137. The molecule has 0 aromatic rings. The quantitative estimate of drug-likeness (QED) is 0.426. The average Bonchev–Trinajstić information content (AvgIpc) is 2.10. The third-order valence-electron chi connectivity index (χ3n) is 1.52. The Hall–Kier alpha value is -0.750. The molecule has 3 N–H and O–H groups in total. The lowest BCUT2D eigenvalue weighted by Crippen LogP contribution is -2.65. The van der Waals surface area contributed by atoms with Gasteiger partial charge in [-0.3, -0.25) is 9.59 Å². The number of esters is 1. The summed E-state index contributed by atoms with van der Waals surface area (Å²) in [5, 5.41) is 2.42. The van der Waals surface area contributed by atoms with Gasteiger partial charge in [0.25, 0.3) is 0 Å². The van der Waals surface area contributed by atoms with E-state index in [4.69, 9.17) is 5.73 Å². The highest BCUT2D eigenvalue weighted by Crippen LogP contribution is 2.17. The third-order valence-corrected chi connectivity index (χ3v) is 2.69. The first-order chi connectivity index (χ1) is 5.65. The number of methoxy groups -OCH3 is 1. The Morgan fingerprint density at radius 2 is 2.50 bits per heavy atom. The second kappa shape index (κ2) is 3.77. The van der Waals surface area contributed by atoms with Gasteiger partial charge >= 0.3 is 5.97 Å². The molecule has 0 radical (unpaired) electrons. The molecule has 1 fully saturated rings. The molecule has 0 aromatic heterocycles. The Morgan fingerprint density at radius 3 is 2.92 bits per heavy atom. The summed E-state index contributed by atoms with van der Waals surface area (Å²) in [4.78, 5) is 21.2. The van der Waals surface area contributed by atoms with Crippen LogP contribution in [0.4, 0.5) is 0 Å². The minimum absolute atomic E-state index is 0.142. The highest BCUT2D eigenvalue weighted by molar-refractivity contribution is 8.00. The summed E-state index contributed by atoms with van der Waals surface area (Å²) in [6.45, 7) is 0. The first-order valence-corrected chi connectivity index (χ1v) is 4.44. The summed E-state index contributed by atoms with van der Waals surface area (Å²) in [5.41, 5.74) is 5.41. The fraction of sp³-hybridized carbons (Fsp3) is 0.667. The largest absolute Gasteiger partial charge is 0.468 e. The molecule has 12 heavy (non-hydrogen) atoms. The van der Waals surface area contributed by atoms with Crippen LogP contribution in [0.2, 0.25) is 0 Å². The number of amides is 1. The number of β-lactam (4-membered cyclic amide) rings is 1. The Kier molecular flexibility index (Phi) is 2.93. The third kappa shape index (κ3) is 1.89. The minimum atomic E-state index is -0.486. The molecular formula is C6H10N2O3S. The molecule has 1 saturated heterocycles. The van der Waals surface area contributed by atoms with Crippen molar-refractivity contribution in [3.05, 3.63) is 0 Å². The summed E-state index contributed by atoms with van der Waals surface area (Å²) < 4.78 is 4.42. The van der Waals surface area contributed by atoms with E-state index in [2.05, 4.69) is 10.1 Å². The smallest absolute Gasteiger partial charge is 0.315 e. The van der Waals surface area contributed by atoms with E-state index in [1.807, 2.05) is 0 Å². The molecule has 1 heterocycles. The van der Waals surface area contributed by atoms with Crippen molar-refractivity contribution in [3.63, 3.8) is 0 Å². The average molecular weight is 190 g/mol. The molecule has 2 atom stereocenters. The van der Waals surface area contributed by atoms with Crippen molar-refractivity contribution in [3.8, 4) is 0 Å². The van der Waals surface area contributed by atoms with Gasteiger partial charge in [-0.15, -0.1) is 11.8 Å². The van der Waals surface area contributed by atoms with Crippen LogP contribution in [0, 0.1) is 0 Å². The monoisotopic (exact) mass is 190 g/mol. The van der Waals surface area contributed by atoms with Gasteiger partial charge in [0.15, 0.2) is 0 Å². The maximum absolute atomic E-state index is 10.6. The molecule has 6 heteroatoms. The number of nitrogens with one attached hydrogen (secondary N) is 1. The van der Waals surface area contributed by atoms with Crippen LogP contribution in [-0.4, -0.2) is 36.2 Å². The van der Waals surface area contributed by atoms with E-state index in [1.54, 1.807) is 0 Å². The van der Waals surface area contributed by atoms with Gasteiger partial charge in [0.05, 0.1) is 18.2 Å². The second-order valence-corrected chi connectivity index (χ2v) is 3.47. The van der Waals surface area contributed by atoms with E-state index in [1.165, 1.54) is 18.9 Å². The topological polar surface area (TPSA) is 81.4 Å². The predicted molar refractivity (Wildman–Crippen MR) is 44.4 cm³/mol. The SMILES string of the molecule is COC(=O)CS[C@H]1NC(=O)[C@H]1N. The molecule has 1 amide bonds. The molecule has 5 nitrogen and oxygen atoms in total. The molecule has 0 spiro atoms. The van der Waals surface area contributed by atoms with Gasteiger partial charge in [0.1, 0.15) is 6.04 Å². The maximum atomic E-state index is 10.6. The molecule has 1 aliphatic rings. The Labute approximate surface area is 74.0 Å².